The summed E-state index contributed by atoms with van der Waals surface area (Å²) in [7, 11) is 0. The number of aromatic hydroxyl groups is 1. The summed E-state index contributed by atoms with van der Waals surface area (Å²) in [6.45, 7) is 5.62. The van der Waals surface area contributed by atoms with Crippen LogP contribution in [-0.4, -0.2) is 9.67 Å². The molecule has 0 amide bonds. The van der Waals surface area contributed by atoms with Gasteiger partial charge in [-0.1, -0.05) is 33.1 Å². The van der Waals surface area contributed by atoms with Gasteiger partial charge in [0.25, 0.3) is 0 Å². The molecule has 98 valence electrons. The Labute approximate surface area is 109 Å². The third kappa shape index (κ3) is 3.06. The molecule has 18 heavy (non-hydrogen) atoms. The van der Waals surface area contributed by atoms with Gasteiger partial charge in [-0.3, -0.25) is 0 Å². The molecule has 0 saturated carbocycles. The van der Waals surface area contributed by atoms with Gasteiger partial charge >= 0.3 is 0 Å². The molecule has 0 radical (unpaired) electrons. The molecule has 0 spiro atoms. The lowest BCUT2D eigenvalue weighted by molar-refractivity contribution is 0.469. The number of aromatic nitrogens is 1. The number of unbranched alkanes of at least 4 members (excludes halogenated alkanes) is 1. The van der Waals surface area contributed by atoms with Gasteiger partial charge in [-0.15, -0.1) is 0 Å². The summed E-state index contributed by atoms with van der Waals surface area (Å²) in [5.74, 6) is 1.19. The van der Waals surface area contributed by atoms with E-state index < -0.39 is 0 Å². The fraction of sp³-hybridized carbons (Fsp3) is 0.500. The minimum absolute atomic E-state index is 0.349. The first-order valence-corrected chi connectivity index (χ1v) is 6.98. The van der Waals surface area contributed by atoms with E-state index >= 15 is 0 Å². The maximum Gasteiger partial charge on any atom is 0.117 e. The van der Waals surface area contributed by atoms with Crippen molar-refractivity contribution in [3.63, 3.8) is 0 Å². The Morgan fingerprint density at radius 3 is 2.83 bits per heavy atom. The molecule has 2 nitrogen and oxygen atoms in total. The Balaban J connectivity index is 1.93. The Kier molecular flexibility index (Phi) is 4.29. The molecule has 0 aliphatic heterocycles. The van der Waals surface area contributed by atoms with Crippen molar-refractivity contribution in [1.82, 2.24) is 4.57 Å². The maximum atomic E-state index is 9.54. The van der Waals surface area contributed by atoms with Crippen LogP contribution >= 0.6 is 0 Å². The summed E-state index contributed by atoms with van der Waals surface area (Å²) >= 11 is 0. The van der Waals surface area contributed by atoms with Gasteiger partial charge in [-0.2, -0.15) is 0 Å². The number of fused-ring (bicyclic) bond motifs is 1. The number of hydrogen-bond acceptors (Lipinski definition) is 1. The highest BCUT2D eigenvalue weighted by Crippen LogP contribution is 2.21. The van der Waals surface area contributed by atoms with Crippen molar-refractivity contribution < 1.29 is 5.11 Å². The SMILES string of the molecule is CC[C@@H](C)CCCCn1ccc2ccc(O)cc21. The standard InChI is InChI=1S/C16H23NO/c1-3-13(2)6-4-5-10-17-11-9-14-7-8-15(18)12-16(14)17/h7-9,11-13,18H,3-6,10H2,1-2H3/t13-/m1/s1. The van der Waals surface area contributed by atoms with Gasteiger partial charge in [0.05, 0.1) is 5.52 Å². The van der Waals surface area contributed by atoms with Crippen molar-refractivity contribution in [2.24, 2.45) is 5.92 Å². The second-order valence-corrected chi connectivity index (χ2v) is 5.26. The average molecular weight is 245 g/mol. The van der Waals surface area contributed by atoms with Crippen molar-refractivity contribution in [1.29, 1.82) is 0 Å². The first-order chi connectivity index (χ1) is 8.70. The van der Waals surface area contributed by atoms with Gasteiger partial charge in [0, 0.05) is 18.8 Å². The number of nitrogens with zero attached hydrogens (tertiary/aromatic N) is 1. The molecular formula is C16H23NO. The van der Waals surface area contributed by atoms with Crippen molar-refractivity contribution in [2.75, 3.05) is 0 Å². The van der Waals surface area contributed by atoms with Crippen LogP contribution in [-0.2, 0) is 6.54 Å². The average Bonchev–Trinajstić information content (AvgIpc) is 2.77. The Morgan fingerprint density at radius 1 is 1.22 bits per heavy atom. The molecule has 1 N–H and O–H groups in total. The number of hydrogen-bond donors (Lipinski definition) is 1. The molecule has 0 unspecified atom stereocenters. The third-order valence-electron chi connectivity index (χ3n) is 3.80. The van der Waals surface area contributed by atoms with Gasteiger partial charge in [0.1, 0.15) is 5.75 Å². The Bertz CT molecular complexity index is 501. The van der Waals surface area contributed by atoms with Crippen LogP contribution in [0.4, 0.5) is 0 Å². The molecule has 0 fully saturated rings. The zero-order valence-corrected chi connectivity index (χ0v) is 11.4. The van der Waals surface area contributed by atoms with Gasteiger partial charge in [0.15, 0.2) is 0 Å². The van der Waals surface area contributed by atoms with Crippen LogP contribution in [0, 0.1) is 5.92 Å². The highest BCUT2D eigenvalue weighted by molar-refractivity contribution is 5.81. The van der Waals surface area contributed by atoms with E-state index in [0.29, 0.717) is 5.75 Å². The van der Waals surface area contributed by atoms with Crippen LogP contribution < -0.4 is 0 Å². The normalized spacial score (nSPS) is 13.0. The summed E-state index contributed by atoms with van der Waals surface area (Å²) in [6.07, 6.45) is 7.21. The van der Waals surface area contributed by atoms with E-state index in [1.807, 2.05) is 12.1 Å². The molecule has 1 atom stereocenters. The molecule has 0 aliphatic carbocycles. The minimum atomic E-state index is 0.349. The second kappa shape index (κ2) is 5.94. The summed E-state index contributed by atoms with van der Waals surface area (Å²) in [5.41, 5.74) is 1.14. The van der Waals surface area contributed by atoms with Crippen LogP contribution in [0.2, 0.25) is 0 Å². The lowest BCUT2D eigenvalue weighted by Crippen LogP contribution is -1.98. The largest absolute Gasteiger partial charge is 0.508 e. The van der Waals surface area contributed by atoms with Crippen molar-refractivity contribution >= 4 is 10.9 Å². The van der Waals surface area contributed by atoms with Crippen molar-refractivity contribution in [3.05, 3.63) is 30.5 Å². The molecule has 2 aromatic rings. The smallest absolute Gasteiger partial charge is 0.117 e. The van der Waals surface area contributed by atoms with Crippen molar-refractivity contribution in [2.45, 2.75) is 46.1 Å². The molecule has 1 heterocycles. The molecular weight excluding hydrogens is 222 g/mol. The molecule has 1 aromatic heterocycles. The molecule has 1 aromatic carbocycles. The number of benzene rings is 1. The zero-order chi connectivity index (χ0) is 13.0. The molecule has 2 rings (SSSR count). The summed E-state index contributed by atoms with van der Waals surface area (Å²) < 4.78 is 2.24. The quantitative estimate of drug-likeness (QED) is 0.741. The van der Waals surface area contributed by atoms with Crippen LogP contribution in [0.1, 0.15) is 39.5 Å². The first-order valence-electron chi connectivity index (χ1n) is 6.98. The van der Waals surface area contributed by atoms with Crippen molar-refractivity contribution in [3.8, 4) is 5.75 Å². The van der Waals surface area contributed by atoms with Gasteiger partial charge < -0.3 is 9.67 Å². The predicted molar refractivity (Wildman–Crippen MR) is 76.9 cm³/mol. The lowest BCUT2D eigenvalue weighted by Gasteiger charge is -2.09. The van der Waals surface area contributed by atoms with Gasteiger partial charge in [-0.25, -0.2) is 0 Å². The lowest BCUT2D eigenvalue weighted by atomic mass is 10.0. The van der Waals surface area contributed by atoms with E-state index in [-0.39, 0.29) is 0 Å². The first kappa shape index (κ1) is 13.0. The molecule has 0 aliphatic rings. The van der Waals surface area contributed by atoms with Crippen LogP contribution in [0.15, 0.2) is 30.5 Å². The molecule has 0 saturated heterocycles. The van der Waals surface area contributed by atoms with E-state index in [4.69, 9.17) is 0 Å². The summed E-state index contributed by atoms with van der Waals surface area (Å²) in [4.78, 5) is 0. The highest BCUT2D eigenvalue weighted by Gasteiger charge is 2.03. The number of phenols is 1. The second-order valence-electron chi connectivity index (χ2n) is 5.26. The van der Waals surface area contributed by atoms with E-state index in [2.05, 4.69) is 30.7 Å². The van der Waals surface area contributed by atoms with Crippen LogP contribution in [0.3, 0.4) is 0 Å². The Hall–Kier alpha value is -1.44. The van der Waals surface area contributed by atoms with Crippen LogP contribution in [0.5, 0.6) is 5.75 Å². The predicted octanol–water partition coefficient (Wildman–Crippen LogP) is 4.56. The zero-order valence-electron chi connectivity index (χ0n) is 11.4. The maximum absolute atomic E-state index is 9.54. The third-order valence-corrected chi connectivity index (χ3v) is 3.80. The van der Waals surface area contributed by atoms with E-state index in [9.17, 15) is 5.11 Å². The monoisotopic (exact) mass is 245 g/mol. The molecule has 2 heteroatoms. The fourth-order valence-corrected chi connectivity index (χ4v) is 2.35. The van der Waals surface area contributed by atoms with E-state index in [1.54, 1.807) is 6.07 Å². The molecule has 0 bridgehead atoms. The number of aryl methyl sites for hydroxylation is 1. The number of rotatable bonds is 6. The van der Waals surface area contributed by atoms with E-state index in [0.717, 1.165) is 18.0 Å². The fourth-order valence-electron chi connectivity index (χ4n) is 2.35. The van der Waals surface area contributed by atoms with Crippen LogP contribution in [0.25, 0.3) is 10.9 Å². The topological polar surface area (TPSA) is 25.2 Å². The minimum Gasteiger partial charge on any atom is -0.508 e. The van der Waals surface area contributed by atoms with Gasteiger partial charge in [0.2, 0.25) is 0 Å². The Morgan fingerprint density at radius 2 is 2.06 bits per heavy atom. The highest BCUT2D eigenvalue weighted by atomic mass is 16.3. The summed E-state index contributed by atoms with van der Waals surface area (Å²) in [5, 5.41) is 10.7. The van der Waals surface area contributed by atoms with Gasteiger partial charge in [-0.05, 0) is 35.9 Å². The summed E-state index contributed by atoms with van der Waals surface area (Å²) in [6, 6.07) is 7.68. The van der Waals surface area contributed by atoms with E-state index in [1.165, 1.54) is 31.1 Å². The number of phenolic OH excluding ortho intramolecular Hbond substituents is 1.